The summed E-state index contributed by atoms with van der Waals surface area (Å²) >= 11 is 5.42. The largest absolute Gasteiger partial charge is 0.288 e. The molecule has 1 N–H and O–H groups in total. The van der Waals surface area contributed by atoms with Crippen molar-refractivity contribution >= 4 is 23.4 Å². The quantitative estimate of drug-likeness (QED) is 0.775. The van der Waals surface area contributed by atoms with Crippen LogP contribution in [0.15, 0.2) is 29.8 Å². The Balaban J connectivity index is 2.50. The van der Waals surface area contributed by atoms with E-state index in [4.69, 9.17) is 11.6 Å². The van der Waals surface area contributed by atoms with E-state index in [9.17, 15) is 9.59 Å². The number of halogens is 1. The van der Waals surface area contributed by atoms with Crippen LogP contribution in [0.2, 0.25) is 0 Å². The minimum absolute atomic E-state index is 0.325. The number of carbonyl (C=O) groups is 2. The Hall–Kier alpha value is -1.61. The molecule has 0 atom stereocenters. The second kappa shape index (κ2) is 3.87. The van der Waals surface area contributed by atoms with Gasteiger partial charge in [-0.2, -0.15) is 0 Å². The van der Waals surface area contributed by atoms with Crippen LogP contribution in [0, 0.1) is 0 Å². The number of benzene rings is 1. The molecule has 2 amide bonds. The van der Waals surface area contributed by atoms with Crippen LogP contribution < -0.4 is 5.32 Å². The number of nitrogens with one attached hydrogen (secondary N) is 1. The van der Waals surface area contributed by atoms with Crippen molar-refractivity contribution in [2.45, 2.75) is 6.42 Å². The minimum atomic E-state index is -0.327. The summed E-state index contributed by atoms with van der Waals surface area (Å²) in [6.07, 6.45) is 2.28. The summed E-state index contributed by atoms with van der Waals surface area (Å²) in [6, 6.07) is 5.21. The van der Waals surface area contributed by atoms with E-state index in [1.54, 1.807) is 18.2 Å². The van der Waals surface area contributed by atoms with Gasteiger partial charge in [0.25, 0.3) is 11.8 Å². The van der Waals surface area contributed by atoms with Crippen LogP contribution in [0.1, 0.15) is 26.3 Å². The molecule has 4 heteroatoms. The van der Waals surface area contributed by atoms with E-state index in [0.717, 1.165) is 5.56 Å². The van der Waals surface area contributed by atoms with Crippen molar-refractivity contribution in [2.75, 3.05) is 0 Å². The predicted molar refractivity (Wildman–Crippen MR) is 56.9 cm³/mol. The molecule has 1 aromatic carbocycles. The predicted octanol–water partition coefficient (Wildman–Crippen LogP) is 1.87. The van der Waals surface area contributed by atoms with Crippen LogP contribution in [0.4, 0.5) is 0 Å². The minimum Gasteiger partial charge on any atom is -0.288 e. The smallest absolute Gasteiger partial charge is 0.259 e. The molecule has 0 saturated heterocycles. The molecule has 0 unspecified atom stereocenters. The average Bonchev–Trinajstić information content (AvgIpc) is 2.53. The summed E-state index contributed by atoms with van der Waals surface area (Å²) in [5.74, 6) is -0.653. The summed E-state index contributed by atoms with van der Waals surface area (Å²) in [5.41, 5.74) is 3.12. The normalized spacial score (nSPS) is 14.5. The van der Waals surface area contributed by atoms with Gasteiger partial charge in [0.1, 0.15) is 0 Å². The van der Waals surface area contributed by atoms with E-state index in [1.165, 1.54) is 5.54 Å². The number of amides is 2. The number of imide groups is 1. The van der Waals surface area contributed by atoms with Gasteiger partial charge in [-0.25, -0.2) is 0 Å². The third-order valence-corrected chi connectivity index (χ3v) is 2.45. The highest BCUT2D eigenvalue weighted by Crippen LogP contribution is 2.20. The summed E-state index contributed by atoms with van der Waals surface area (Å²) in [4.78, 5) is 22.8. The number of hydrogen-bond donors (Lipinski definition) is 1. The molecule has 0 radical (unpaired) electrons. The zero-order chi connectivity index (χ0) is 10.8. The van der Waals surface area contributed by atoms with E-state index in [0.29, 0.717) is 17.5 Å². The van der Waals surface area contributed by atoms with Crippen LogP contribution in [0.3, 0.4) is 0 Å². The Morgan fingerprint density at radius 2 is 2.07 bits per heavy atom. The molecule has 0 bridgehead atoms. The second-order valence-corrected chi connectivity index (χ2v) is 3.44. The van der Waals surface area contributed by atoms with Crippen molar-refractivity contribution in [1.82, 2.24) is 5.32 Å². The number of allylic oxidation sites excluding steroid dienone is 1. The van der Waals surface area contributed by atoms with Crippen LogP contribution in [0.25, 0.3) is 0 Å². The number of hydrogen-bond acceptors (Lipinski definition) is 2. The molecule has 0 aliphatic carbocycles. The van der Waals surface area contributed by atoms with E-state index in [2.05, 4.69) is 5.32 Å². The molecular formula is C11H8ClNO2. The third kappa shape index (κ3) is 1.66. The molecule has 1 aliphatic rings. The molecule has 15 heavy (non-hydrogen) atoms. The molecule has 0 aromatic heterocycles. The molecule has 76 valence electrons. The zero-order valence-electron chi connectivity index (χ0n) is 7.79. The lowest BCUT2D eigenvalue weighted by Crippen LogP contribution is -2.20. The lowest BCUT2D eigenvalue weighted by molar-refractivity contribution is 0.0879. The van der Waals surface area contributed by atoms with Crippen LogP contribution in [-0.4, -0.2) is 11.8 Å². The van der Waals surface area contributed by atoms with E-state index in [1.807, 2.05) is 6.07 Å². The molecular weight excluding hydrogens is 214 g/mol. The van der Waals surface area contributed by atoms with Gasteiger partial charge in [0, 0.05) is 5.54 Å². The van der Waals surface area contributed by atoms with Gasteiger partial charge in [-0.3, -0.25) is 14.9 Å². The fourth-order valence-corrected chi connectivity index (χ4v) is 1.72. The number of carbonyl (C=O) groups excluding carboxylic acids is 2. The summed E-state index contributed by atoms with van der Waals surface area (Å²) < 4.78 is 0. The highest BCUT2D eigenvalue weighted by atomic mass is 35.5. The van der Waals surface area contributed by atoms with Gasteiger partial charge in [0.15, 0.2) is 0 Å². The monoisotopic (exact) mass is 221 g/mol. The molecule has 3 nitrogen and oxygen atoms in total. The molecule has 0 saturated carbocycles. The topological polar surface area (TPSA) is 46.2 Å². The molecule has 2 rings (SSSR count). The Bertz CT molecular complexity index is 466. The standard InChI is InChI=1S/C11H8ClNO2/c12-6-2-4-7-3-1-5-8-9(7)11(15)13-10(8)14/h1-3,5-6H,4H2,(H,13,14,15). The van der Waals surface area contributed by atoms with Crippen molar-refractivity contribution in [3.8, 4) is 0 Å². The molecule has 1 aromatic rings. The van der Waals surface area contributed by atoms with E-state index in [-0.39, 0.29) is 11.8 Å². The molecule has 0 fully saturated rings. The van der Waals surface area contributed by atoms with Gasteiger partial charge in [0.2, 0.25) is 0 Å². The van der Waals surface area contributed by atoms with Gasteiger partial charge >= 0.3 is 0 Å². The van der Waals surface area contributed by atoms with Gasteiger partial charge in [-0.05, 0) is 18.1 Å². The molecule has 1 heterocycles. The summed E-state index contributed by atoms with van der Waals surface area (Å²) in [6.45, 7) is 0. The highest BCUT2D eigenvalue weighted by Gasteiger charge is 2.28. The van der Waals surface area contributed by atoms with Crippen molar-refractivity contribution in [3.63, 3.8) is 0 Å². The van der Waals surface area contributed by atoms with Crippen molar-refractivity contribution in [1.29, 1.82) is 0 Å². The molecule has 0 spiro atoms. The first kappa shape index (κ1) is 9.93. The Morgan fingerprint density at radius 3 is 2.80 bits per heavy atom. The van der Waals surface area contributed by atoms with E-state index >= 15 is 0 Å². The van der Waals surface area contributed by atoms with Crippen molar-refractivity contribution in [3.05, 3.63) is 46.5 Å². The Labute approximate surface area is 91.7 Å². The fraction of sp³-hybridized carbons (Fsp3) is 0.0909. The van der Waals surface area contributed by atoms with Gasteiger partial charge < -0.3 is 0 Å². The highest BCUT2D eigenvalue weighted by molar-refractivity contribution is 6.25. The van der Waals surface area contributed by atoms with Crippen LogP contribution in [0.5, 0.6) is 0 Å². The maximum absolute atomic E-state index is 11.5. The SMILES string of the molecule is O=C1NC(=O)c2c(CC=CCl)cccc21. The summed E-state index contributed by atoms with van der Waals surface area (Å²) in [7, 11) is 0. The number of rotatable bonds is 2. The summed E-state index contributed by atoms with van der Waals surface area (Å²) in [5, 5.41) is 2.26. The van der Waals surface area contributed by atoms with Crippen LogP contribution in [-0.2, 0) is 6.42 Å². The average molecular weight is 222 g/mol. The van der Waals surface area contributed by atoms with Crippen molar-refractivity contribution in [2.24, 2.45) is 0 Å². The van der Waals surface area contributed by atoms with Crippen molar-refractivity contribution < 1.29 is 9.59 Å². The third-order valence-electron chi connectivity index (χ3n) is 2.28. The van der Waals surface area contributed by atoms with Gasteiger partial charge in [-0.1, -0.05) is 29.8 Å². The zero-order valence-corrected chi connectivity index (χ0v) is 8.54. The lowest BCUT2D eigenvalue weighted by atomic mass is 10.0. The first-order valence-electron chi connectivity index (χ1n) is 4.47. The van der Waals surface area contributed by atoms with Gasteiger partial charge in [-0.15, -0.1) is 0 Å². The fourth-order valence-electron chi connectivity index (χ4n) is 1.63. The lowest BCUT2D eigenvalue weighted by Gasteiger charge is -2.01. The van der Waals surface area contributed by atoms with E-state index < -0.39 is 0 Å². The maximum atomic E-state index is 11.5. The first-order chi connectivity index (χ1) is 7.24. The number of fused-ring (bicyclic) bond motifs is 1. The Morgan fingerprint density at radius 1 is 1.27 bits per heavy atom. The maximum Gasteiger partial charge on any atom is 0.259 e. The van der Waals surface area contributed by atoms with Crippen LogP contribution >= 0.6 is 11.6 Å². The Kier molecular flexibility index (Phi) is 2.56. The van der Waals surface area contributed by atoms with Gasteiger partial charge in [0.05, 0.1) is 11.1 Å². The second-order valence-electron chi connectivity index (χ2n) is 3.19. The first-order valence-corrected chi connectivity index (χ1v) is 4.90. The molecule has 1 aliphatic heterocycles.